The zero-order chi connectivity index (χ0) is 13.5. The maximum Gasteiger partial charge on any atom is 0.166 e. The van der Waals surface area contributed by atoms with E-state index in [2.05, 4.69) is 18.0 Å². The molecule has 0 radical (unpaired) electrons. The lowest BCUT2D eigenvalue weighted by Gasteiger charge is -2.42. The second-order valence-corrected chi connectivity index (χ2v) is 5.81. The Morgan fingerprint density at radius 1 is 1.32 bits per heavy atom. The molecule has 0 amide bonds. The van der Waals surface area contributed by atoms with Gasteiger partial charge in [-0.3, -0.25) is 4.90 Å². The minimum Gasteiger partial charge on any atom is -0.493 e. The molecule has 1 aromatic carbocycles. The van der Waals surface area contributed by atoms with Crippen LogP contribution in [-0.2, 0) is 5.54 Å². The quantitative estimate of drug-likeness (QED) is 0.897. The van der Waals surface area contributed by atoms with Gasteiger partial charge in [0.25, 0.3) is 0 Å². The van der Waals surface area contributed by atoms with Crippen LogP contribution < -0.4 is 15.2 Å². The van der Waals surface area contributed by atoms with Crippen LogP contribution in [-0.4, -0.2) is 38.3 Å². The normalized spacial score (nSPS) is 22.5. The minimum absolute atomic E-state index is 0.223. The molecule has 0 unspecified atom stereocenters. The molecule has 0 atom stereocenters. The maximum absolute atomic E-state index is 6.47. The number of rotatable bonds is 4. The summed E-state index contributed by atoms with van der Waals surface area (Å²) < 4.78 is 11.6. The summed E-state index contributed by atoms with van der Waals surface area (Å²) in [6.45, 7) is 1.93. The fourth-order valence-electron chi connectivity index (χ4n) is 2.90. The Bertz CT molecular complexity index is 465. The van der Waals surface area contributed by atoms with Crippen LogP contribution in [0.2, 0.25) is 0 Å². The molecule has 1 aliphatic heterocycles. The molecule has 0 aromatic heterocycles. The van der Waals surface area contributed by atoms with E-state index in [1.807, 2.05) is 12.1 Å². The van der Waals surface area contributed by atoms with Crippen molar-refractivity contribution in [1.82, 2.24) is 4.90 Å². The van der Waals surface area contributed by atoms with Crippen molar-refractivity contribution in [2.45, 2.75) is 30.9 Å². The monoisotopic (exact) mass is 262 g/mol. The molecular weight excluding hydrogens is 240 g/mol. The van der Waals surface area contributed by atoms with Crippen molar-refractivity contribution in [3.05, 3.63) is 23.8 Å². The molecule has 2 N–H and O–H groups in total. The summed E-state index contributed by atoms with van der Waals surface area (Å²) >= 11 is 0. The number of benzene rings is 1. The molecule has 2 aliphatic rings. The molecule has 0 bridgehead atoms. The summed E-state index contributed by atoms with van der Waals surface area (Å²) in [7, 11) is 3.78. The highest BCUT2D eigenvalue weighted by Gasteiger charge is 2.38. The standard InChI is InChI=1S/C15H22N2O2/c1-17-9-11(10-17)19-14-12(15(16)7-4-8-15)5-3-6-13(14)18-2/h3,5-6,11H,4,7-10,16H2,1-2H3. The first-order valence-corrected chi connectivity index (χ1v) is 6.94. The third-order valence-corrected chi connectivity index (χ3v) is 4.30. The lowest BCUT2D eigenvalue weighted by molar-refractivity contribution is 0.0344. The van der Waals surface area contributed by atoms with Crippen LogP contribution >= 0.6 is 0 Å². The molecule has 4 heteroatoms. The second kappa shape index (κ2) is 4.69. The summed E-state index contributed by atoms with van der Waals surface area (Å²) in [4.78, 5) is 2.24. The Balaban J connectivity index is 1.90. The smallest absolute Gasteiger partial charge is 0.166 e. The first-order chi connectivity index (χ1) is 9.12. The highest BCUT2D eigenvalue weighted by molar-refractivity contribution is 5.50. The predicted octanol–water partition coefficient (Wildman–Crippen LogP) is 1.73. The molecule has 3 rings (SSSR count). The first-order valence-electron chi connectivity index (χ1n) is 6.94. The van der Waals surface area contributed by atoms with Crippen LogP contribution in [0.4, 0.5) is 0 Å². The molecule has 1 saturated heterocycles. The van der Waals surface area contributed by atoms with Gasteiger partial charge in [0.15, 0.2) is 11.5 Å². The van der Waals surface area contributed by atoms with Gasteiger partial charge in [-0.2, -0.15) is 0 Å². The van der Waals surface area contributed by atoms with Gasteiger partial charge in [-0.15, -0.1) is 0 Å². The van der Waals surface area contributed by atoms with E-state index in [0.717, 1.165) is 43.0 Å². The summed E-state index contributed by atoms with van der Waals surface area (Å²) in [5, 5.41) is 0. The minimum atomic E-state index is -0.223. The first kappa shape index (κ1) is 12.8. The molecular formula is C15H22N2O2. The third-order valence-electron chi connectivity index (χ3n) is 4.30. The highest BCUT2D eigenvalue weighted by Crippen LogP contribution is 2.46. The number of ether oxygens (including phenoxy) is 2. The van der Waals surface area contributed by atoms with E-state index >= 15 is 0 Å². The van der Waals surface area contributed by atoms with Crippen LogP contribution in [0, 0.1) is 0 Å². The lowest BCUT2D eigenvalue weighted by Crippen LogP contribution is -2.52. The van der Waals surface area contributed by atoms with Gasteiger partial charge in [0.1, 0.15) is 6.10 Å². The van der Waals surface area contributed by atoms with Crippen LogP contribution in [0.3, 0.4) is 0 Å². The number of nitrogens with two attached hydrogens (primary N) is 1. The molecule has 19 heavy (non-hydrogen) atoms. The van der Waals surface area contributed by atoms with Crippen molar-refractivity contribution in [3.8, 4) is 11.5 Å². The van der Waals surface area contributed by atoms with Gasteiger partial charge in [-0.05, 0) is 32.4 Å². The Hall–Kier alpha value is -1.26. The fourth-order valence-corrected chi connectivity index (χ4v) is 2.90. The van der Waals surface area contributed by atoms with Crippen molar-refractivity contribution >= 4 is 0 Å². The Morgan fingerprint density at radius 3 is 2.58 bits per heavy atom. The second-order valence-electron chi connectivity index (χ2n) is 5.81. The zero-order valence-corrected chi connectivity index (χ0v) is 11.7. The van der Waals surface area contributed by atoms with Gasteiger partial charge in [-0.1, -0.05) is 12.1 Å². The number of hydrogen-bond donors (Lipinski definition) is 1. The average molecular weight is 262 g/mol. The summed E-state index contributed by atoms with van der Waals surface area (Å²) in [6, 6.07) is 6.03. The van der Waals surface area contributed by atoms with Gasteiger partial charge in [-0.25, -0.2) is 0 Å². The van der Waals surface area contributed by atoms with Crippen LogP contribution in [0.5, 0.6) is 11.5 Å². The largest absolute Gasteiger partial charge is 0.493 e. The summed E-state index contributed by atoms with van der Waals surface area (Å²) in [6.07, 6.45) is 3.50. The number of hydrogen-bond acceptors (Lipinski definition) is 4. The van der Waals surface area contributed by atoms with Crippen LogP contribution in [0.25, 0.3) is 0 Å². The molecule has 2 fully saturated rings. The van der Waals surface area contributed by atoms with Gasteiger partial charge >= 0.3 is 0 Å². The number of methoxy groups -OCH3 is 1. The van der Waals surface area contributed by atoms with Crippen LogP contribution in [0.1, 0.15) is 24.8 Å². The topological polar surface area (TPSA) is 47.7 Å². The molecule has 1 saturated carbocycles. The predicted molar refractivity (Wildman–Crippen MR) is 74.6 cm³/mol. The van der Waals surface area contributed by atoms with E-state index in [1.165, 1.54) is 6.42 Å². The lowest BCUT2D eigenvalue weighted by atomic mass is 9.72. The van der Waals surface area contributed by atoms with E-state index in [1.54, 1.807) is 7.11 Å². The zero-order valence-electron chi connectivity index (χ0n) is 11.7. The number of para-hydroxylation sites is 1. The van der Waals surface area contributed by atoms with E-state index in [4.69, 9.17) is 15.2 Å². The molecule has 4 nitrogen and oxygen atoms in total. The average Bonchev–Trinajstić information content (AvgIpc) is 2.34. The van der Waals surface area contributed by atoms with Crippen LogP contribution in [0.15, 0.2) is 18.2 Å². The van der Waals surface area contributed by atoms with Crippen molar-refractivity contribution in [2.24, 2.45) is 5.73 Å². The third kappa shape index (κ3) is 2.19. The molecule has 1 aliphatic carbocycles. The molecule has 104 valence electrons. The Labute approximate surface area is 114 Å². The summed E-state index contributed by atoms with van der Waals surface area (Å²) in [5.41, 5.74) is 7.35. The van der Waals surface area contributed by atoms with E-state index in [9.17, 15) is 0 Å². The Morgan fingerprint density at radius 2 is 2.05 bits per heavy atom. The molecule has 1 aromatic rings. The van der Waals surface area contributed by atoms with Gasteiger partial charge < -0.3 is 15.2 Å². The van der Waals surface area contributed by atoms with E-state index in [0.29, 0.717) is 0 Å². The fraction of sp³-hybridized carbons (Fsp3) is 0.600. The SMILES string of the molecule is COc1cccc(C2(N)CCC2)c1OC1CN(C)C1. The van der Waals surface area contributed by atoms with Gasteiger partial charge in [0, 0.05) is 24.2 Å². The highest BCUT2D eigenvalue weighted by atomic mass is 16.5. The van der Waals surface area contributed by atoms with Crippen molar-refractivity contribution < 1.29 is 9.47 Å². The number of likely N-dealkylation sites (tertiary alicyclic amines) is 1. The number of nitrogens with zero attached hydrogens (tertiary/aromatic N) is 1. The maximum atomic E-state index is 6.47. The van der Waals surface area contributed by atoms with Gasteiger partial charge in [0.05, 0.1) is 7.11 Å². The van der Waals surface area contributed by atoms with Crippen molar-refractivity contribution in [1.29, 1.82) is 0 Å². The Kier molecular flexibility index (Phi) is 3.15. The van der Waals surface area contributed by atoms with E-state index in [-0.39, 0.29) is 11.6 Å². The van der Waals surface area contributed by atoms with Crippen molar-refractivity contribution in [3.63, 3.8) is 0 Å². The van der Waals surface area contributed by atoms with Gasteiger partial charge in [0.2, 0.25) is 0 Å². The molecule has 1 heterocycles. The van der Waals surface area contributed by atoms with Crippen molar-refractivity contribution in [2.75, 3.05) is 27.2 Å². The van der Waals surface area contributed by atoms with E-state index < -0.39 is 0 Å². The molecule has 0 spiro atoms. The number of likely N-dealkylation sites (N-methyl/N-ethyl adjacent to an activating group) is 1. The summed E-state index contributed by atoms with van der Waals surface area (Å²) in [5.74, 6) is 1.65.